The van der Waals surface area contributed by atoms with Crippen LogP contribution in [0.15, 0.2) is 30.5 Å². The van der Waals surface area contributed by atoms with Crippen LogP contribution in [-0.4, -0.2) is 39.3 Å². The molecule has 3 aromatic rings. The molecule has 0 radical (unpaired) electrons. The molecule has 0 saturated carbocycles. The van der Waals surface area contributed by atoms with Gasteiger partial charge in [0, 0.05) is 42.4 Å². The fraction of sp³-hybridized carbons (Fsp3) is 0.286. The van der Waals surface area contributed by atoms with Gasteiger partial charge in [-0.15, -0.1) is 0 Å². The van der Waals surface area contributed by atoms with Crippen LogP contribution in [0.4, 0.5) is 17.5 Å². The van der Waals surface area contributed by atoms with Crippen molar-refractivity contribution in [2.24, 2.45) is 0 Å². The van der Waals surface area contributed by atoms with Gasteiger partial charge in [0.2, 0.25) is 5.95 Å². The summed E-state index contributed by atoms with van der Waals surface area (Å²) in [5.41, 5.74) is 4.15. The molecule has 0 spiro atoms. The molecule has 4 rings (SSSR count). The van der Waals surface area contributed by atoms with Crippen molar-refractivity contribution in [1.29, 1.82) is 5.26 Å². The molecule has 1 aromatic carbocycles. The number of anilines is 3. The average molecular weight is 403 g/mol. The van der Waals surface area contributed by atoms with Crippen molar-refractivity contribution in [2.75, 3.05) is 23.8 Å². The minimum Gasteiger partial charge on any atom is -0.465 e. The Balaban J connectivity index is 1.71. The Labute approximate surface area is 173 Å². The number of ether oxygens (including phenoxy) is 1. The number of esters is 1. The van der Waals surface area contributed by atoms with Gasteiger partial charge >= 0.3 is 5.97 Å². The number of carbonyl (C=O) groups is 1. The Morgan fingerprint density at radius 3 is 2.93 bits per heavy atom. The van der Waals surface area contributed by atoms with Crippen LogP contribution in [0.1, 0.15) is 30.7 Å². The number of rotatable bonds is 5. The lowest BCUT2D eigenvalue weighted by molar-refractivity contribution is -0.142. The fourth-order valence-corrected chi connectivity index (χ4v) is 3.49. The molecular formula is C21H21N7O2. The summed E-state index contributed by atoms with van der Waals surface area (Å²) in [5.74, 6) is 0.690. The van der Waals surface area contributed by atoms with Gasteiger partial charge in [0.1, 0.15) is 12.7 Å². The first-order valence-corrected chi connectivity index (χ1v) is 9.46. The first-order valence-electron chi connectivity index (χ1n) is 9.46. The van der Waals surface area contributed by atoms with E-state index in [1.54, 1.807) is 18.3 Å². The Morgan fingerprint density at radius 2 is 2.23 bits per heavy atom. The molecule has 1 atom stereocenters. The van der Waals surface area contributed by atoms with Gasteiger partial charge in [0.25, 0.3) is 0 Å². The van der Waals surface area contributed by atoms with E-state index in [4.69, 9.17) is 4.74 Å². The minimum absolute atomic E-state index is 0.228. The molecule has 3 N–H and O–H groups in total. The van der Waals surface area contributed by atoms with E-state index in [1.807, 2.05) is 26.0 Å². The van der Waals surface area contributed by atoms with Crippen LogP contribution in [0.5, 0.6) is 0 Å². The number of nitriles is 1. The molecule has 1 aliphatic rings. The fourth-order valence-electron chi connectivity index (χ4n) is 3.49. The van der Waals surface area contributed by atoms with Crippen molar-refractivity contribution < 1.29 is 9.53 Å². The SMILES string of the molecule is CC(=O)OC[C@@]1(C)CNc2c(C#N)cc(-c3ccnc(Nc4cc(C)[nH]n4)n3)cc21. The number of aromatic nitrogens is 4. The van der Waals surface area contributed by atoms with Crippen molar-refractivity contribution in [1.82, 2.24) is 20.2 Å². The quantitative estimate of drug-likeness (QED) is 0.555. The molecule has 1 aliphatic heterocycles. The maximum Gasteiger partial charge on any atom is 0.302 e. The highest BCUT2D eigenvalue weighted by Gasteiger charge is 2.37. The highest BCUT2D eigenvalue weighted by atomic mass is 16.5. The molecule has 0 amide bonds. The first-order chi connectivity index (χ1) is 14.4. The largest absolute Gasteiger partial charge is 0.465 e. The Hall–Kier alpha value is -3.93. The van der Waals surface area contributed by atoms with Gasteiger partial charge in [0.15, 0.2) is 5.82 Å². The number of benzene rings is 1. The maximum absolute atomic E-state index is 11.3. The lowest BCUT2D eigenvalue weighted by atomic mass is 9.83. The van der Waals surface area contributed by atoms with E-state index in [0.717, 1.165) is 22.5 Å². The summed E-state index contributed by atoms with van der Waals surface area (Å²) in [6.45, 7) is 6.10. The summed E-state index contributed by atoms with van der Waals surface area (Å²) in [7, 11) is 0. The van der Waals surface area contributed by atoms with Crippen LogP contribution in [0.3, 0.4) is 0 Å². The second-order valence-corrected chi connectivity index (χ2v) is 7.58. The molecule has 0 fully saturated rings. The second-order valence-electron chi connectivity index (χ2n) is 7.58. The third kappa shape index (κ3) is 3.67. The van der Waals surface area contributed by atoms with Gasteiger partial charge in [0.05, 0.1) is 16.9 Å². The number of carbonyl (C=O) groups excluding carboxylic acids is 1. The Kier molecular flexibility index (Phi) is 4.83. The van der Waals surface area contributed by atoms with E-state index in [0.29, 0.717) is 29.6 Å². The number of nitrogens with zero attached hydrogens (tertiary/aromatic N) is 4. The van der Waals surface area contributed by atoms with E-state index >= 15 is 0 Å². The van der Waals surface area contributed by atoms with Crippen molar-refractivity contribution in [3.63, 3.8) is 0 Å². The van der Waals surface area contributed by atoms with Gasteiger partial charge in [-0.3, -0.25) is 9.89 Å². The molecule has 0 saturated heterocycles. The molecule has 0 aliphatic carbocycles. The van der Waals surface area contributed by atoms with Crippen LogP contribution in [0.25, 0.3) is 11.3 Å². The monoisotopic (exact) mass is 403 g/mol. The third-order valence-electron chi connectivity index (χ3n) is 5.06. The third-order valence-corrected chi connectivity index (χ3v) is 5.06. The molecular weight excluding hydrogens is 382 g/mol. The van der Waals surface area contributed by atoms with Crippen LogP contribution in [-0.2, 0) is 14.9 Å². The number of hydrogen-bond donors (Lipinski definition) is 3. The van der Waals surface area contributed by atoms with E-state index in [1.165, 1.54) is 6.92 Å². The molecule has 0 unspecified atom stereocenters. The predicted molar refractivity (Wildman–Crippen MR) is 111 cm³/mol. The van der Waals surface area contributed by atoms with Crippen molar-refractivity contribution in [2.45, 2.75) is 26.2 Å². The summed E-state index contributed by atoms with van der Waals surface area (Å²) < 4.78 is 5.28. The van der Waals surface area contributed by atoms with Crippen LogP contribution in [0, 0.1) is 18.3 Å². The van der Waals surface area contributed by atoms with Gasteiger partial charge in [-0.1, -0.05) is 6.92 Å². The lowest BCUT2D eigenvalue weighted by Crippen LogP contribution is -2.31. The molecule has 30 heavy (non-hydrogen) atoms. The zero-order chi connectivity index (χ0) is 21.3. The molecule has 9 heteroatoms. The van der Waals surface area contributed by atoms with E-state index < -0.39 is 5.41 Å². The topological polar surface area (TPSA) is 129 Å². The first kappa shape index (κ1) is 19.4. The summed E-state index contributed by atoms with van der Waals surface area (Å²) in [5, 5.41) is 23.0. The highest BCUT2D eigenvalue weighted by Crippen LogP contribution is 2.41. The van der Waals surface area contributed by atoms with Crippen molar-refractivity contribution >= 4 is 23.4 Å². The Morgan fingerprint density at radius 1 is 1.40 bits per heavy atom. The zero-order valence-corrected chi connectivity index (χ0v) is 16.9. The van der Waals surface area contributed by atoms with E-state index in [-0.39, 0.29) is 12.6 Å². The summed E-state index contributed by atoms with van der Waals surface area (Å²) >= 11 is 0. The minimum atomic E-state index is -0.441. The van der Waals surface area contributed by atoms with Crippen molar-refractivity contribution in [3.05, 3.63) is 47.3 Å². The van der Waals surface area contributed by atoms with Gasteiger partial charge < -0.3 is 15.4 Å². The lowest BCUT2D eigenvalue weighted by Gasteiger charge is -2.24. The number of fused-ring (bicyclic) bond motifs is 1. The number of aryl methyl sites for hydroxylation is 1. The average Bonchev–Trinajstić information content (AvgIpc) is 3.29. The zero-order valence-electron chi connectivity index (χ0n) is 16.9. The maximum atomic E-state index is 11.3. The predicted octanol–water partition coefficient (Wildman–Crippen LogP) is 3.04. The smallest absolute Gasteiger partial charge is 0.302 e. The summed E-state index contributed by atoms with van der Waals surface area (Å²) in [6.07, 6.45) is 1.65. The summed E-state index contributed by atoms with van der Waals surface area (Å²) in [6, 6.07) is 9.68. The van der Waals surface area contributed by atoms with Crippen LogP contribution >= 0.6 is 0 Å². The second kappa shape index (κ2) is 7.48. The summed E-state index contributed by atoms with van der Waals surface area (Å²) in [4.78, 5) is 20.2. The van der Waals surface area contributed by atoms with Gasteiger partial charge in [-0.2, -0.15) is 10.4 Å². The highest BCUT2D eigenvalue weighted by molar-refractivity contribution is 5.76. The van der Waals surface area contributed by atoms with E-state index in [9.17, 15) is 10.1 Å². The van der Waals surface area contributed by atoms with Gasteiger partial charge in [-0.25, -0.2) is 9.97 Å². The number of aromatic amines is 1. The van der Waals surface area contributed by atoms with Crippen molar-refractivity contribution in [3.8, 4) is 17.3 Å². The number of nitrogens with one attached hydrogen (secondary N) is 3. The number of hydrogen-bond acceptors (Lipinski definition) is 8. The van der Waals surface area contributed by atoms with Crippen LogP contribution < -0.4 is 10.6 Å². The van der Waals surface area contributed by atoms with Crippen LogP contribution in [0.2, 0.25) is 0 Å². The molecule has 2 aromatic heterocycles. The molecule has 3 heterocycles. The van der Waals surface area contributed by atoms with E-state index in [2.05, 4.69) is 36.9 Å². The Bertz CT molecular complexity index is 1160. The molecule has 152 valence electrons. The molecule has 0 bridgehead atoms. The molecule has 9 nitrogen and oxygen atoms in total. The van der Waals surface area contributed by atoms with Gasteiger partial charge in [-0.05, 0) is 30.7 Å². The normalized spacial score (nSPS) is 17.0. The number of H-pyrrole nitrogens is 1. The standard InChI is InChI=1S/C21H21N7O2/c1-12-6-18(28-27-12)26-20-23-5-4-17(25-20)14-7-15(9-22)19-16(8-14)21(3,10-24-19)11-30-13(2)29/h4-8,24H,10-11H2,1-3H3,(H2,23,25,26,27,28)/t21-/m1/s1.